The Hall–Kier alpha value is -3.62. The summed E-state index contributed by atoms with van der Waals surface area (Å²) in [6.45, 7) is 4.38. The number of carbonyl (C=O) groups excluding carboxylic acids is 1. The Labute approximate surface area is 195 Å². The number of ether oxygens (including phenoxy) is 1. The number of hydrogen-bond acceptors (Lipinski definition) is 7. The van der Waals surface area contributed by atoms with Gasteiger partial charge in [0.2, 0.25) is 0 Å². The number of hydrogen-bond donors (Lipinski definition) is 1. The maximum Gasteiger partial charge on any atom is 0.254 e. The Morgan fingerprint density at radius 3 is 2.55 bits per heavy atom. The molecule has 1 fully saturated rings. The van der Waals surface area contributed by atoms with Gasteiger partial charge < -0.3 is 15.4 Å². The van der Waals surface area contributed by atoms with Crippen LogP contribution in [0.15, 0.2) is 60.8 Å². The normalized spacial score (nSPS) is 13.8. The Morgan fingerprint density at radius 1 is 1.00 bits per heavy atom. The second-order valence-corrected chi connectivity index (χ2v) is 8.84. The second-order valence-electron chi connectivity index (χ2n) is 7.81. The number of anilines is 1. The second kappa shape index (κ2) is 9.09. The van der Waals surface area contributed by atoms with Gasteiger partial charge in [-0.15, -0.1) is 0 Å². The summed E-state index contributed by atoms with van der Waals surface area (Å²) in [7, 11) is 0. The molecule has 0 bridgehead atoms. The van der Waals surface area contributed by atoms with Crippen LogP contribution in [0.3, 0.4) is 0 Å². The SMILES string of the molecule is Cc1cccc(-c2nc(N)sc2-c2ccnc(-c3ccc(C(=O)N4CCOCC4)cc3)c2)n1. The minimum absolute atomic E-state index is 0.0296. The molecule has 0 spiro atoms. The third-order valence-electron chi connectivity index (χ3n) is 5.52. The molecule has 1 amide bonds. The number of pyridine rings is 2. The maximum atomic E-state index is 12.7. The third kappa shape index (κ3) is 4.48. The molecule has 1 aliphatic rings. The summed E-state index contributed by atoms with van der Waals surface area (Å²) in [6.07, 6.45) is 1.78. The largest absolute Gasteiger partial charge is 0.378 e. The molecule has 1 saturated heterocycles. The molecule has 4 heterocycles. The number of aryl methyl sites for hydroxylation is 1. The molecule has 0 radical (unpaired) electrons. The molecule has 0 aliphatic carbocycles. The zero-order chi connectivity index (χ0) is 22.8. The quantitative estimate of drug-likeness (QED) is 0.491. The molecule has 166 valence electrons. The number of aromatic nitrogens is 3. The first-order valence-corrected chi connectivity index (χ1v) is 11.5. The number of amides is 1. The topological polar surface area (TPSA) is 94.2 Å². The standard InChI is InChI=1S/C25H23N5O2S/c1-16-3-2-4-20(28-16)22-23(33-25(26)29-22)19-9-10-27-21(15-19)17-5-7-18(8-6-17)24(31)30-11-13-32-14-12-30/h2-10,15H,11-14H2,1H3,(H2,26,29). The Morgan fingerprint density at radius 2 is 1.79 bits per heavy atom. The van der Waals surface area contributed by atoms with Gasteiger partial charge in [-0.2, -0.15) is 0 Å². The summed E-state index contributed by atoms with van der Waals surface area (Å²) in [5.41, 5.74) is 11.9. The zero-order valence-electron chi connectivity index (χ0n) is 18.2. The predicted molar refractivity (Wildman–Crippen MR) is 130 cm³/mol. The van der Waals surface area contributed by atoms with Crippen LogP contribution < -0.4 is 5.73 Å². The van der Waals surface area contributed by atoms with Gasteiger partial charge in [-0.1, -0.05) is 29.5 Å². The van der Waals surface area contributed by atoms with Crippen molar-refractivity contribution < 1.29 is 9.53 Å². The van der Waals surface area contributed by atoms with Crippen molar-refractivity contribution in [1.29, 1.82) is 0 Å². The van der Waals surface area contributed by atoms with Crippen molar-refractivity contribution in [2.24, 2.45) is 0 Å². The van der Waals surface area contributed by atoms with Crippen LogP contribution in [0.25, 0.3) is 33.1 Å². The molecule has 3 aromatic heterocycles. The van der Waals surface area contributed by atoms with Gasteiger partial charge in [-0.05, 0) is 48.9 Å². The van der Waals surface area contributed by atoms with Crippen molar-refractivity contribution in [1.82, 2.24) is 19.9 Å². The first-order valence-electron chi connectivity index (χ1n) is 10.7. The molecular formula is C25H23N5O2S. The molecule has 2 N–H and O–H groups in total. The number of nitrogens with zero attached hydrogens (tertiary/aromatic N) is 4. The maximum absolute atomic E-state index is 12.7. The fourth-order valence-electron chi connectivity index (χ4n) is 3.84. The molecule has 0 unspecified atom stereocenters. The number of nitrogen functional groups attached to an aromatic ring is 1. The van der Waals surface area contributed by atoms with Crippen LogP contribution in [-0.4, -0.2) is 52.1 Å². The van der Waals surface area contributed by atoms with Crippen molar-refractivity contribution in [2.45, 2.75) is 6.92 Å². The fourth-order valence-corrected chi connectivity index (χ4v) is 4.68. The van der Waals surface area contributed by atoms with Crippen LogP contribution in [0.5, 0.6) is 0 Å². The van der Waals surface area contributed by atoms with E-state index in [-0.39, 0.29) is 5.91 Å². The molecule has 33 heavy (non-hydrogen) atoms. The number of rotatable bonds is 4. The molecule has 1 aliphatic heterocycles. The van der Waals surface area contributed by atoms with Gasteiger partial charge in [-0.3, -0.25) is 14.8 Å². The molecule has 1 aromatic carbocycles. The average molecular weight is 458 g/mol. The van der Waals surface area contributed by atoms with E-state index in [4.69, 9.17) is 10.5 Å². The van der Waals surface area contributed by atoms with Crippen LogP contribution in [-0.2, 0) is 4.74 Å². The van der Waals surface area contributed by atoms with Gasteiger partial charge in [-0.25, -0.2) is 4.98 Å². The van der Waals surface area contributed by atoms with Gasteiger partial charge in [0.1, 0.15) is 5.69 Å². The van der Waals surface area contributed by atoms with E-state index < -0.39 is 0 Å². The fraction of sp³-hybridized carbons (Fsp3) is 0.200. The summed E-state index contributed by atoms with van der Waals surface area (Å²) in [5.74, 6) is 0.0296. The van der Waals surface area contributed by atoms with Crippen molar-refractivity contribution in [2.75, 3.05) is 32.0 Å². The van der Waals surface area contributed by atoms with Crippen LogP contribution in [0.2, 0.25) is 0 Å². The molecule has 0 saturated carbocycles. The number of carbonyl (C=O) groups is 1. The summed E-state index contributed by atoms with van der Waals surface area (Å²) in [4.78, 5) is 29.2. The minimum Gasteiger partial charge on any atom is -0.378 e. The van der Waals surface area contributed by atoms with Crippen molar-refractivity contribution in [3.8, 4) is 33.1 Å². The highest BCUT2D eigenvalue weighted by atomic mass is 32.1. The van der Waals surface area contributed by atoms with E-state index in [0.717, 1.165) is 38.8 Å². The van der Waals surface area contributed by atoms with E-state index in [0.29, 0.717) is 37.0 Å². The molecule has 5 rings (SSSR count). The summed E-state index contributed by atoms with van der Waals surface area (Å²) in [6, 6.07) is 17.4. The number of nitrogens with two attached hydrogens (primary N) is 1. The summed E-state index contributed by atoms with van der Waals surface area (Å²) in [5, 5.41) is 0.493. The number of morpholine rings is 1. The zero-order valence-corrected chi connectivity index (χ0v) is 19.0. The molecule has 8 heteroatoms. The van der Waals surface area contributed by atoms with Crippen molar-refractivity contribution >= 4 is 22.4 Å². The van der Waals surface area contributed by atoms with E-state index in [1.165, 1.54) is 11.3 Å². The van der Waals surface area contributed by atoms with Gasteiger partial charge in [0.25, 0.3) is 5.91 Å². The Kier molecular flexibility index (Phi) is 5.85. The molecule has 0 atom stereocenters. The highest BCUT2D eigenvalue weighted by molar-refractivity contribution is 7.19. The van der Waals surface area contributed by atoms with E-state index in [1.54, 1.807) is 6.20 Å². The Balaban J connectivity index is 1.44. The van der Waals surface area contributed by atoms with Crippen LogP contribution in [0, 0.1) is 6.92 Å². The van der Waals surface area contributed by atoms with Crippen molar-refractivity contribution in [3.63, 3.8) is 0 Å². The average Bonchev–Trinajstić information content (AvgIpc) is 3.26. The van der Waals surface area contributed by atoms with E-state index in [1.807, 2.05) is 66.4 Å². The monoisotopic (exact) mass is 457 g/mol. The number of thiazole rings is 1. The lowest BCUT2D eigenvalue weighted by Gasteiger charge is -2.26. The van der Waals surface area contributed by atoms with Gasteiger partial charge in [0.05, 0.1) is 29.5 Å². The lowest BCUT2D eigenvalue weighted by atomic mass is 10.0. The Bertz CT molecular complexity index is 1300. The van der Waals surface area contributed by atoms with E-state index in [9.17, 15) is 4.79 Å². The van der Waals surface area contributed by atoms with Gasteiger partial charge in [0, 0.05) is 36.1 Å². The number of benzene rings is 1. The molecule has 4 aromatic rings. The van der Waals surface area contributed by atoms with E-state index in [2.05, 4.69) is 15.0 Å². The molecule has 7 nitrogen and oxygen atoms in total. The summed E-state index contributed by atoms with van der Waals surface area (Å²) >= 11 is 1.43. The minimum atomic E-state index is 0.0296. The lowest BCUT2D eigenvalue weighted by Crippen LogP contribution is -2.40. The lowest BCUT2D eigenvalue weighted by molar-refractivity contribution is 0.0303. The smallest absolute Gasteiger partial charge is 0.254 e. The highest BCUT2D eigenvalue weighted by Gasteiger charge is 2.19. The summed E-state index contributed by atoms with van der Waals surface area (Å²) < 4.78 is 5.34. The first kappa shape index (κ1) is 21.2. The molecular weight excluding hydrogens is 434 g/mol. The first-order chi connectivity index (χ1) is 16.1. The third-order valence-corrected chi connectivity index (χ3v) is 6.46. The van der Waals surface area contributed by atoms with Crippen molar-refractivity contribution in [3.05, 3.63) is 72.1 Å². The van der Waals surface area contributed by atoms with Gasteiger partial charge >= 0.3 is 0 Å². The van der Waals surface area contributed by atoms with Crippen LogP contribution in [0.4, 0.5) is 5.13 Å². The van der Waals surface area contributed by atoms with Crippen LogP contribution >= 0.6 is 11.3 Å². The van der Waals surface area contributed by atoms with Crippen LogP contribution in [0.1, 0.15) is 16.1 Å². The van der Waals surface area contributed by atoms with E-state index >= 15 is 0 Å². The van der Waals surface area contributed by atoms with Gasteiger partial charge in [0.15, 0.2) is 5.13 Å². The highest BCUT2D eigenvalue weighted by Crippen LogP contribution is 2.38. The predicted octanol–water partition coefficient (Wildman–Crippen LogP) is 4.30.